The van der Waals surface area contributed by atoms with E-state index in [2.05, 4.69) is 12.2 Å². The topological polar surface area (TPSA) is 49.3 Å². The molecule has 0 aromatic heterocycles. The van der Waals surface area contributed by atoms with Gasteiger partial charge in [-0.1, -0.05) is 19.1 Å². The molecule has 19 heavy (non-hydrogen) atoms. The summed E-state index contributed by atoms with van der Waals surface area (Å²) in [6, 6.07) is 7.41. The van der Waals surface area contributed by atoms with Gasteiger partial charge in [0.15, 0.2) is 0 Å². The van der Waals surface area contributed by atoms with Crippen molar-refractivity contribution in [3.8, 4) is 0 Å². The van der Waals surface area contributed by atoms with E-state index >= 15 is 0 Å². The Labute approximate surface area is 115 Å². The Morgan fingerprint density at radius 3 is 2.32 bits per heavy atom. The molecule has 1 aromatic carbocycles. The van der Waals surface area contributed by atoms with Crippen molar-refractivity contribution in [2.24, 2.45) is 11.8 Å². The number of rotatable bonds is 3. The molecule has 1 aliphatic rings. The smallest absolute Gasteiger partial charge is 0.227 e. The molecular weight excluding hydrogens is 238 g/mol. The minimum Gasteiger partial charge on any atom is -0.389 e. The molecule has 0 heterocycles. The number of anilines is 1. The highest BCUT2D eigenvalue weighted by Crippen LogP contribution is 2.29. The lowest BCUT2D eigenvalue weighted by Crippen LogP contribution is -2.26. The van der Waals surface area contributed by atoms with Crippen LogP contribution in [0.15, 0.2) is 24.3 Å². The van der Waals surface area contributed by atoms with Crippen molar-refractivity contribution in [3.05, 3.63) is 29.8 Å². The third kappa shape index (κ3) is 3.80. The normalized spacial score (nSPS) is 24.8. The van der Waals surface area contributed by atoms with Crippen molar-refractivity contribution in [1.82, 2.24) is 0 Å². The highest BCUT2D eigenvalue weighted by atomic mass is 16.3. The Morgan fingerprint density at radius 2 is 1.79 bits per heavy atom. The van der Waals surface area contributed by atoms with E-state index in [1.165, 1.54) is 0 Å². The lowest BCUT2D eigenvalue weighted by Gasteiger charge is -2.25. The van der Waals surface area contributed by atoms with Gasteiger partial charge in [0.05, 0.1) is 6.10 Å². The Hall–Kier alpha value is -1.35. The van der Waals surface area contributed by atoms with Crippen molar-refractivity contribution in [2.45, 2.75) is 45.6 Å². The van der Waals surface area contributed by atoms with Gasteiger partial charge in [-0.15, -0.1) is 0 Å². The fourth-order valence-corrected chi connectivity index (χ4v) is 2.61. The first-order valence-corrected chi connectivity index (χ1v) is 7.15. The molecule has 2 N–H and O–H groups in total. The van der Waals surface area contributed by atoms with Crippen LogP contribution in [0.2, 0.25) is 0 Å². The Bertz CT molecular complexity index is 417. The van der Waals surface area contributed by atoms with Gasteiger partial charge < -0.3 is 10.4 Å². The second-order valence-electron chi connectivity index (χ2n) is 5.74. The average molecular weight is 261 g/mol. The zero-order valence-electron chi connectivity index (χ0n) is 11.7. The summed E-state index contributed by atoms with van der Waals surface area (Å²) in [5, 5.41) is 12.4. The number of benzene rings is 1. The molecule has 1 aliphatic carbocycles. The molecule has 1 atom stereocenters. The lowest BCUT2D eigenvalue weighted by atomic mass is 9.82. The Morgan fingerprint density at radius 1 is 1.21 bits per heavy atom. The van der Waals surface area contributed by atoms with Gasteiger partial charge in [-0.2, -0.15) is 0 Å². The zero-order valence-corrected chi connectivity index (χ0v) is 11.7. The van der Waals surface area contributed by atoms with Crippen LogP contribution in [-0.4, -0.2) is 11.0 Å². The van der Waals surface area contributed by atoms with Gasteiger partial charge >= 0.3 is 0 Å². The summed E-state index contributed by atoms with van der Waals surface area (Å²) in [6.45, 7) is 3.99. The van der Waals surface area contributed by atoms with Gasteiger partial charge in [-0.05, 0) is 56.2 Å². The van der Waals surface area contributed by atoms with Crippen LogP contribution in [-0.2, 0) is 4.79 Å². The number of aliphatic hydroxyl groups excluding tert-OH is 1. The van der Waals surface area contributed by atoms with Gasteiger partial charge in [0.2, 0.25) is 5.91 Å². The van der Waals surface area contributed by atoms with Gasteiger partial charge in [0, 0.05) is 11.6 Å². The van der Waals surface area contributed by atoms with E-state index in [-0.39, 0.29) is 11.8 Å². The van der Waals surface area contributed by atoms with Crippen LogP contribution in [0, 0.1) is 11.8 Å². The van der Waals surface area contributed by atoms with Crippen LogP contribution in [0.3, 0.4) is 0 Å². The first kappa shape index (κ1) is 14.1. The maximum absolute atomic E-state index is 12.1. The van der Waals surface area contributed by atoms with E-state index in [9.17, 15) is 9.90 Å². The predicted molar refractivity (Wildman–Crippen MR) is 76.8 cm³/mol. The molecule has 0 aliphatic heterocycles. The molecule has 2 rings (SSSR count). The highest BCUT2D eigenvalue weighted by molar-refractivity contribution is 5.92. The number of carbonyl (C=O) groups is 1. The summed E-state index contributed by atoms with van der Waals surface area (Å²) in [5.74, 6) is 1.05. The monoisotopic (exact) mass is 261 g/mol. The maximum Gasteiger partial charge on any atom is 0.227 e. The molecule has 0 saturated heterocycles. The van der Waals surface area contributed by atoms with E-state index in [4.69, 9.17) is 0 Å². The van der Waals surface area contributed by atoms with E-state index in [0.717, 1.165) is 42.9 Å². The Balaban J connectivity index is 1.91. The van der Waals surface area contributed by atoms with Crippen molar-refractivity contribution in [3.63, 3.8) is 0 Å². The standard InChI is InChI=1S/C16H23NO2/c1-11-3-5-14(6-4-11)16(19)17-15-9-7-13(8-10-15)12(2)18/h7-12,14,18H,3-6H2,1-2H3,(H,17,19). The first-order valence-electron chi connectivity index (χ1n) is 7.15. The first-order chi connectivity index (χ1) is 9.06. The van der Waals surface area contributed by atoms with Crippen LogP contribution in [0.25, 0.3) is 0 Å². The molecule has 1 saturated carbocycles. The highest BCUT2D eigenvalue weighted by Gasteiger charge is 2.24. The van der Waals surface area contributed by atoms with Gasteiger partial charge in [-0.3, -0.25) is 4.79 Å². The predicted octanol–water partition coefficient (Wildman–Crippen LogP) is 3.50. The van der Waals surface area contributed by atoms with Crippen molar-refractivity contribution in [2.75, 3.05) is 5.32 Å². The lowest BCUT2D eigenvalue weighted by molar-refractivity contribution is -0.121. The van der Waals surface area contributed by atoms with Crippen LogP contribution in [0.5, 0.6) is 0 Å². The van der Waals surface area contributed by atoms with Crippen LogP contribution >= 0.6 is 0 Å². The minimum absolute atomic E-state index is 0.136. The second-order valence-corrected chi connectivity index (χ2v) is 5.74. The molecular formula is C16H23NO2. The van der Waals surface area contributed by atoms with Crippen molar-refractivity contribution >= 4 is 11.6 Å². The molecule has 0 spiro atoms. The molecule has 0 radical (unpaired) electrons. The van der Waals surface area contributed by atoms with Gasteiger partial charge in [0.1, 0.15) is 0 Å². The fourth-order valence-electron chi connectivity index (χ4n) is 2.61. The molecule has 0 bridgehead atoms. The number of amides is 1. The quantitative estimate of drug-likeness (QED) is 0.874. The zero-order chi connectivity index (χ0) is 13.8. The molecule has 1 fully saturated rings. The van der Waals surface area contributed by atoms with Crippen molar-refractivity contribution < 1.29 is 9.90 Å². The molecule has 3 heteroatoms. The summed E-state index contributed by atoms with van der Waals surface area (Å²) < 4.78 is 0. The summed E-state index contributed by atoms with van der Waals surface area (Å²) in [7, 11) is 0. The van der Waals surface area contributed by atoms with E-state index < -0.39 is 6.10 Å². The van der Waals surface area contributed by atoms with E-state index in [1.54, 1.807) is 6.92 Å². The number of nitrogens with one attached hydrogen (secondary N) is 1. The van der Waals surface area contributed by atoms with E-state index in [1.807, 2.05) is 24.3 Å². The van der Waals surface area contributed by atoms with Gasteiger partial charge in [0.25, 0.3) is 0 Å². The molecule has 1 amide bonds. The summed E-state index contributed by atoms with van der Waals surface area (Å²) >= 11 is 0. The number of hydrogen-bond donors (Lipinski definition) is 2. The summed E-state index contributed by atoms with van der Waals surface area (Å²) in [4.78, 5) is 12.1. The third-order valence-electron chi connectivity index (χ3n) is 4.05. The van der Waals surface area contributed by atoms with Crippen LogP contribution in [0.4, 0.5) is 5.69 Å². The van der Waals surface area contributed by atoms with Crippen molar-refractivity contribution in [1.29, 1.82) is 0 Å². The van der Waals surface area contributed by atoms with E-state index in [0.29, 0.717) is 0 Å². The van der Waals surface area contributed by atoms with Crippen LogP contribution in [0.1, 0.15) is 51.2 Å². The number of aliphatic hydroxyl groups is 1. The average Bonchev–Trinajstić information content (AvgIpc) is 2.40. The van der Waals surface area contributed by atoms with Crippen LogP contribution < -0.4 is 5.32 Å². The largest absolute Gasteiger partial charge is 0.389 e. The molecule has 3 nitrogen and oxygen atoms in total. The summed E-state index contributed by atoms with van der Waals surface area (Å²) in [6.07, 6.45) is 3.83. The molecule has 104 valence electrons. The van der Waals surface area contributed by atoms with Gasteiger partial charge in [-0.25, -0.2) is 0 Å². The third-order valence-corrected chi connectivity index (χ3v) is 4.05. The fraction of sp³-hybridized carbons (Fsp3) is 0.562. The molecule has 1 aromatic rings. The molecule has 1 unspecified atom stereocenters. The Kier molecular flexibility index (Phi) is 4.59. The number of carbonyl (C=O) groups excluding carboxylic acids is 1. The number of hydrogen-bond acceptors (Lipinski definition) is 2. The summed E-state index contributed by atoms with van der Waals surface area (Å²) in [5.41, 5.74) is 1.68. The SMILES string of the molecule is CC1CCC(C(=O)Nc2ccc(C(C)O)cc2)CC1. The minimum atomic E-state index is -0.468. The maximum atomic E-state index is 12.1. The second kappa shape index (κ2) is 6.20.